The Balaban J connectivity index is 2.40. The molecule has 140 valence electrons. The van der Waals surface area contributed by atoms with E-state index < -0.39 is 21.7 Å². The largest absolute Gasteiger partial charge is 0.492 e. The van der Waals surface area contributed by atoms with Crippen molar-refractivity contribution in [1.29, 1.82) is 0 Å². The van der Waals surface area contributed by atoms with Crippen LogP contribution in [0.4, 0.5) is 10.1 Å². The number of nitrogens with one attached hydrogen (secondary N) is 1. The van der Waals surface area contributed by atoms with Gasteiger partial charge in [-0.1, -0.05) is 11.6 Å². The van der Waals surface area contributed by atoms with Crippen LogP contribution in [0.15, 0.2) is 41.3 Å². The average Bonchev–Trinajstić information content (AvgIpc) is 2.56. The molecule has 1 amide bonds. The van der Waals surface area contributed by atoms with Gasteiger partial charge in [0, 0.05) is 24.8 Å². The maximum Gasteiger partial charge on any atom is 0.258 e. The fourth-order valence-corrected chi connectivity index (χ4v) is 3.34. The molecule has 0 saturated carbocycles. The van der Waals surface area contributed by atoms with E-state index in [1.165, 1.54) is 44.4 Å². The third-order valence-electron chi connectivity index (χ3n) is 3.44. The van der Waals surface area contributed by atoms with Crippen LogP contribution < -0.4 is 10.1 Å². The Morgan fingerprint density at radius 1 is 1.23 bits per heavy atom. The van der Waals surface area contributed by atoms with Gasteiger partial charge in [0.25, 0.3) is 5.91 Å². The van der Waals surface area contributed by atoms with Gasteiger partial charge in [-0.3, -0.25) is 4.79 Å². The topological polar surface area (TPSA) is 75.7 Å². The molecule has 0 fully saturated rings. The zero-order chi connectivity index (χ0) is 19.5. The van der Waals surface area contributed by atoms with E-state index in [9.17, 15) is 17.6 Å². The summed E-state index contributed by atoms with van der Waals surface area (Å²) in [5.41, 5.74) is -0.0199. The number of ether oxygens (including phenoxy) is 1. The lowest BCUT2D eigenvalue weighted by Crippen LogP contribution is -2.23. The highest BCUT2D eigenvalue weighted by Crippen LogP contribution is 2.29. The van der Waals surface area contributed by atoms with Crippen molar-refractivity contribution in [2.24, 2.45) is 0 Å². The fourth-order valence-electron chi connectivity index (χ4n) is 2.13. The number of halogens is 2. The van der Waals surface area contributed by atoms with Gasteiger partial charge in [0.1, 0.15) is 16.5 Å². The third kappa shape index (κ3) is 4.32. The van der Waals surface area contributed by atoms with Crippen molar-refractivity contribution in [3.05, 3.63) is 52.8 Å². The first-order valence-electron chi connectivity index (χ1n) is 7.62. The lowest BCUT2D eigenvalue weighted by atomic mass is 10.2. The molecule has 0 heterocycles. The summed E-state index contributed by atoms with van der Waals surface area (Å²) >= 11 is 5.67. The smallest absolute Gasteiger partial charge is 0.258 e. The number of rotatable bonds is 6. The van der Waals surface area contributed by atoms with Crippen LogP contribution in [0.3, 0.4) is 0 Å². The second-order valence-electron chi connectivity index (χ2n) is 5.46. The zero-order valence-electron chi connectivity index (χ0n) is 14.4. The number of benzene rings is 2. The lowest BCUT2D eigenvalue weighted by Gasteiger charge is -2.16. The number of sulfonamides is 1. The molecule has 0 radical (unpaired) electrons. The Hall–Kier alpha value is -2.16. The zero-order valence-corrected chi connectivity index (χ0v) is 16.0. The van der Waals surface area contributed by atoms with E-state index >= 15 is 0 Å². The van der Waals surface area contributed by atoms with Gasteiger partial charge in [-0.25, -0.2) is 17.1 Å². The lowest BCUT2D eigenvalue weighted by molar-refractivity contribution is 0.102. The number of amides is 1. The molecule has 0 spiro atoms. The van der Waals surface area contributed by atoms with Crippen LogP contribution in [0.1, 0.15) is 17.3 Å². The molecule has 0 unspecified atom stereocenters. The highest BCUT2D eigenvalue weighted by Gasteiger charge is 2.23. The van der Waals surface area contributed by atoms with Crippen molar-refractivity contribution < 1.29 is 22.3 Å². The molecule has 0 aliphatic heterocycles. The molecule has 0 aromatic heterocycles. The van der Waals surface area contributed by atoms with Crippen molar-refractivity contribution in [2.75, 3.05) is 26.0 Å². The van der Waals surface area contributed by atoms with Crippen molar-refractivity contribution in [2.45, 2.75) is 11.8 Å². The van der Waals surface area contributed by atoms with E-state index in [0.717, 1.165) is 10.4 Å². The molecule has 0 bridgehead atoms. The van der Waals surface area contributed by atoms with Crippen molar-refractivity contribution >= 4 is 33.2 Å². The molecule has 6 nitrogen and oxygen atoms in total. The molecule has 9 heteroatoms. The standard InChI is InChI=1S/C17H18ClFN2O4S/c1-4-25-15-8-6-12(10-16(15)26(23,24)21(2)3)20-17(22)13-7-5-11(18)9-14(13)19/h5-10H,4H2,1-3H3,(H,20,22). The Bertz CT molecular complexity index is 932. The first-order valence-corrected chi connectivity index (χ1v) is 9.44. The van der Waals surface area contributed by atoms with Crippen LogP contribution in [-0.2, 0) is 10.0 Å². The second kappa shape index (κ2) is 8.03. The third-order valence-corrected chi connectivity index (χ3v) is 5.51. The monoisotopic (exact) mass is 400 g/mol. The van der Waals surface area contributed by atoms with Gasteiger partial charge in [-0.15, -0.1) is 0 Å². The summed E-state index contributed by atoms with van der Waals surface area (Å²) in [6.45, 7) is 2.00. The molecule has 2 aromatic rings. The molecular formula is C17H18ClFN2O4S. The van der Waals surface area contributed by atoms with E-state index in [4.69, 9.17) is 16.3 Å². The Morgan fingerprint density at radius 2 is 1.92 bits per heavy atom. The van der Waals surface area contributed by atoms with Crippen LogP contribution in [0.2, 0.25) is 5.02 Å². The summed E-state index contributed by atoms with van der Waals surface area (Å²) in [7, 11) is -1.02. The molecular weight excluding hydrogens is 383 g/mol. The van der Waals surface area contributed by atoms with Crippen molar-refractivity contribution in [1.82, 2.24) is 4.31 Å². The van der Waals surface area contributed by atoms with Gasteiger partial charge in [-0.05, 0) is 43.3 Å². The predicted molar refractivity (Wildman–Crippen MR) is 97.8 cm³/mol. The molecule has 0 aliphatic carbocycles. The van der Waals surface area contributed by atoms with E-state index in [2.05, 4.69) is 5.32 Å². The van der Waals surface area contributed by atoms with Gasteiger partial charge >= 0.3 is 0 Å². The summed E-state index contributed by atoms with van der Waals surface area (Å²) in [6, 6.07) is 7.85. The minimum atomic E-state index is -3.80. The fraction of sp³-hybridized carbons (Fsp3) is 0.235. The second-order valence-corrected chi connectivity index (χ2v) is 8.02. The highest BCUT2D eigenvalue weighted by atomic mass is 35.5. The average molecular weight is 401 g/mol. The van der Waals surface area contributed by atoms with Crippen LogP contribution >= 0.6 is 11.6 Å². The number of nitrogens with zero attached hydrogens (tertiary/aromatic N) is 1. The molecule has 1 N–H and O–H groups in total. The van der Waals surface area contributed by atoms with Gasteiger partial charge < -0.3 is 10.1 Å². The van der Waals surface area contributed by atoms with E-state index in [-0.39, 0.29) is 33.5 Å². The predicted octanol–water partition coefficient (Wildman–Crippen LogP) is 3.38. The van der Waals surface area contributed by atoms with Crippen LogP contribution in [0.5, 0.6) is 5.75 Å². The summed E-state index contributed by atoms with van der Waals surface area (Å²) in [5.74, 6) is -1.34. The van der Waals surface area contributed by atoms with E-state index in [1.54, 1.807) is 6.92 Å². The minimum absolute atomic E-state index is 0.0984. The molecule has 2 rings (SSSR count). The molecule has 26 heavy (non-hydrogen) atoms. The summed E-state index contributed by atoms with van der Waals surface area (Å²) < 4.78 is 45.2. The maximum absolute atomic E-state index is 13.9. The summed E-state index contributed by atoms with van der Waals surface area (Å²) in [6.07, 6.45) is 0. The van der Waals surface area contributed by atoms with Gasteiger partial charge in [0.05, 0.1) is 12.2 Å². The molecule has 0 aliphatic rings. The Kier molecular flexibility index (Phi) is 6.22. The normalized spacial score (nSPS) is 11.5. The Labute approximate surface area is 156 Å². The highest BCUT2D eigenvalue weighted by molar-refractivity contribution is 7.89. The molecule has 2 aromatic carbocycles. The number of carbonyl (C=O) groups is 1. The van der Waals surface area contributed by atoms with Gasteiger partial charge in [0.15, 0.2) is 0 Å². The first-order chi connectivity index (χ1) is 12.2. The number of hydrogen-bond acceptors (Lipinski definition) is 4. The molecule has 0 atom stereocenters. The number of hydrogen-bond donors (Lipinski definition) is 1. The first kappa shape index (κ1) is 20.2. The van der Waals surface area contributed by atoms with Crippen molar-refractivity contribution in [3.63, 3.8) is 0 Å². The van der Waals surface area contributed by atoms with E-state index in [0.29, 0.717) is 0 Å². The Morgan fingerprint density at radius 3 is 2.50 bits per heavy atom. The quantitative estimate of drug-likeness (QED) is 0.806. The van der Waals surface area contributed by atoms with Crippen LogP contribution in [-0.4, -0.2) is 39.3 Å². The SMILES string of the molecule is CCOc1ccc(NC(=O)c2ccc(Cl)cc2F)cc1S(=O)(=O)N(C)C. The maximum atomic E-state index is 13.9. The van der Waals surface area contributed by atoms with Crippen molar-refractivity contribution in [3.8, 4) is 5.75 Å². The summed E-state index contributed by atoms with van der Waals surface area (Å²) in [5, 5.41) is 2.64. The van der Waals surface area contributed by atoms with Gasteiger partial charge in [-0.2, -0.15) is 0 Å². The van der Waals surface area contributed by atoms with Crippen LogP contribution in [0, 0.1) is 5.82 Å². The van der Waals surface area contributed by atoms with Gasteiger partial charge in [0.2, 0.25) is 10.0 Å². The van der Waals surface area contributed by atoms with E-state index in [1.807, 2.05) is 0 Å². The summed E-state index contributed by atoms with van der Waals surface area (Å²) in [4.78, 5) is 12.2. The van der Waals surface area contributed by atoms with Crippen LogP contribution in [0.25, 0.3) is 0 Å². The number of anilines is 1. The minimum Gasteiger partial charge on any atom is -0.492 e. The molecule has 0 saturated heterocycles. The number of carbonyl (C=O) groups excluding carboxylic acids is 1.